The summed E-state index contributed by atoms with van der Waals surface area (Å²) in [5, 5.41) is 2.42. The summed E-state index contributed by atoms with van der Waals surface area (Å²) in [5.41, 5.74) is 10.4. The van der Waals surface area contributed by atoms with Crippen molar-refractivity contribution < 1.29 is 14.4 Å². The lowest BCUT2D eigenvalue weighted by Gasteiger charge is -2.06. The van der Waals surface area contributed by atoms with E-state index in [0.717, 1.165) is 25.7 Å². The third kappa shape index (κ3) is 10.9. The molecule has 0 aliphatic rings. The summed E-state index contributed by atoms with van der Waals surface area (Å²) >= 11 is 0. The lowest BCUT2D eigenvalue weighted by Crippen LogP contribution is -2.35. The average Bonchev–Trinajstić information content (AvgIpc) is 2.40. The lowest BCUT2D eigenvalue weighted by atomic mass is 10.2. The van der Waals surface area contributed by atoms with E-state index in [1.165, 1.54) is 6.08 Å². The largest absolute Gasteiger partial charge is 0.370 e. The van der Waals surface area contributed by atoms with Crippen LogP contribution < -0.4 is 16.8 Å². The van der Waals surface area contributed by atoms with Gasteiger partial charge in [0.25, 0.3) is 0 Å². The highest BCUT2D eigenvalue weighted by Crippen LogP contribution is 2.01. The Morgan fingerprint density at radius 1 is 1.20 bits per heavy atom. The van der Waals surface area contributed by atoms with Gasteiger partial charge in [-0.15, -0.1) is 0 Å². The van der Waals surface area contributed by atoms with Gasteiger partial charge >= 0.3 is 0 Å². The van der Waals surface area contributed by atoms with Crippen LogP contribution in [0.2, 0.25) is 0 Å². The number of unbranched alkanes of at least 4 members (excludes halogenated alkanes) is 3. The van der Waals surface area contributed by atoms with E-state index in [1.807, 2.05) is 0 Å². The summed E-state index contributed by atoms with van der Waals surface area (Å²) in [6, 6.07) is -0.746. The molecule has 0 aromatic heterocycles. The van der Waals surface area contributed by atoms with Gasteiger partial charge in [0.15, 0.2) is 5.96 Å². The fourth-order valence-electron chi connectivity index (χ4n) is 1.43. The van der Waals surface area contributed by atoms with E-state index < -0.39 is 6.04 Å². The topological polar surface area (TPSA) is 128 Å². The third-order valence-corrected chi connectivity index (χ3v) is 2.43. The molecule has 0 fully saturated rings. The molecule has 1 amide bonds. The molecular formula is C13H22N4O3. The summed E-state index contributed by atoms with van der Waals surface area (Å²) in [5.74, 6) is -0.272. The predicted octanol–water partition coefficient (Wildman–Crippen LogP) is -0.351. The van der Waals surface area contributed by atoms with Gasteiger partial charge in [-0.05, 0) is 25.3 Å². The van der Waals surface area contributed by atoms with Gasteiger partial charge in [0.05, 0.1) is 6.04 Å². The second kappa shape index (κ2) is 11.9. The van der Waals surface area contributed by atoms with Crippen LogP contribution in [0.25, 0.3) is 0 Å². The quantitative estimate of drug-likeness (QED) is 0.157. The summed E-state index contributed by atoms with van der Waals surface area (Å²) < 4.78 is 0. The highest BCUT2D eigenvalue weighted by Gasteiger charge is 2.07. The van der Waals surface area contributed by atoms with Crippen molar-refractivity contribution in [1.82, 2.24) is 5.32 Å². The second-order valence-corrected chi connectivity index (χ2v) is 4.21. The fraction of sp³-hybridized carbons (Fsp3) is 0.538. The van der Waals surface area contributed by atoms with Crippen molar-refractivity contribution in [2.24, 2.45) is 16.5 Å². The van der Waals surface area contributed by atoms with Gasteiger partial charge in [-0.25, -0.2) is 0 Å². The van der Waals surface area contributed by atoms with Crippen molar-refractivity contribution in [3.05, 3.63) is 12.2 Å². The number of nitrogens with one attached hydrogen (secondary N) is 1. The number of hydrogen-bond donors (Lipinski definition) is 3. The first-order valence-electron chi connectivity index (χ1n) is 6.51. The molecule has 20 heavy (non-hydrogen) atoms. The Labute approximate surface area is 118 Å². The molecular weight excluding hydrogens is 260 g/mol. The molecule has 7 heteroatoms. The molecule has 0 rings (SSSR count). The van der Waals surface area contributed by atoms with Gasteiger partial charge in [-0.1, -0.05) is 12.5 Å². The summed E-state index contributed by atoms with van der Waals surface area (Å²) in [7, 11) is 0. The van der Waals surface area contributed by atoms with E-state index >= 15 is 0 Å². The maximum Gasteiger partial charge on any atom is 0.244 e. The first kappa shape index (κ1) is 17.8. The zero-order valence-corrected chi connectivity index (χ0v) is 11.5. The van der Waals surface area contributed by atoms with Crippen LogP contribution in [0.3, 0.4) is 0 Å². The van der Waals surface area contributed by atoms with Gasteiger partial charge in [0, 0.05) is 13.0 Å². The molecule has 0 bridgehead atoms. The number of guanidine groups is 1. The van der Waals surface area contributed by atoms with Crippen LogP contribution >= 0.6 is 0 Å². The Hall–Kier alpha value is -2.18. The number of aldehydes is 2. The Bertz CT molecular complexity index is 363. The molecule has 0 spiro atoms. The molecule has 1 atom stereocenters. The normalized spacial score (nSPS) is 11.8. The Balaban J connectivity index is 3.68. The molecule has 0 aromatic carbocycles. The van der Waals surface area contributed by atoms with E-state index in [4.69, 9.17) is 11.5 Å². The Morgan fingerprint density at radius 2 is 1.95 bits per heavy atom. The number of nitrogens with two attached hydrogens (primary N) is 2. The van der Waals surface area contributed by atoms with Crippen molar-refractivity contribution in [3.8, 4) is 0 Å². The molecule has 7 nitrogen and oxygen atoms in total. The number of allylic oxidation sites excluding steroid dienone is 1. The van der Waals surface area contributed by atoms with Gasteiger partial charge in [-0.2, -0.15) is 0 Å². The molecule has 0 heterocycles. The van der Waals surface area contributed by atoms with Gasteiger partial charge in [0.2, 0.25) is 5.91 Å². The molecule has 0 unspecified atom stereocenters. The van der Waals surface area contributed by atoms with Crippen LogP contribution in [0, 0.1) is 0 Å². The van der Waals surface area contributed by atoms with Crippen LogP contribution in [-0.4, -0.2) is 37.0 Å². The van der Waals surface area contributed by atoms with E-state index in [9.17, 15) is 14.4 Å². The van der Waals surface area contributed by atoms with Crippen LogP contribution in [0.1, 0.15) is 32.1 Å². The number of amides is 1. The van der Waals surface area contributed by atoms with Gasteiger partial charge < -0.3 is 26.4 Å². The second-order valence-electron chi connectivity index (χ2n) is 4.21. The maximum atomic E-state index is 11.4. The van der Waals surface area contributed by atoms with Crippen molar-refractivity contribution in [2.45, 2.75) is 38.1 Å². The summed E-state index contributed by atoms with van der Waals surface area (Å²) in [4.78, 5) is 36.0. The number of nitrogens with zero attached hydrogens (tertiary/aromatic N) is 1. The van der Waals surface area contributed by atoms with Gasteiger partial charge in [0.1, 0.15) is 12.6 Å². The van der Waals surface area contributed by atoms with Crippen LogP contribution in [0.15, 0.2) is 17.1 Å². The van der Waals surface area contributed by atoms with Gasteiger partial charge in [-0.3, -0.25) is 9.79 Å². The SMILES string of the molecule is NC(N)=NCCCCC/C=C/C(=O)N[C@H](C=O)CC=O. The molecule has 112 valence electrons. The fourth-order valence-corrected chi connectivity index (χ4v) is 1.43. The predicted molar refractivity (Wildman–Crippen MR) is 77.0 cm³/mol. The number of aliphatic imine (C=N–C) groups is 1. The first-order chi connectivity index (χ1) is 9.60. The minimum atomic E-state index is -0.746. The zero-order valence-electron chi connectivity index (χ0n) is 11.5. The van der Waals surface area contributed by atoms with Crippen molar-refractivity contribution in [2.75, 3.05) is 6.54 Å². The lowest BCUT2D eigenvalue weighted by molar-refractivity contribution is -0.121. The van der Waals surface area contributed by atoms with E-state index in [1.54, 1.807) is 6.08 Å². The molecule has 5 N–H and O–H groups in total. The van der Waals surface area contributed by atoms with Crippen LogP contribution in [0.4, 0.5) is 0 Å². The van der Waals surface area contributed by atoms with E-state index in [0.29, 0.717) is 19.1 Å². The number of rotatable bonds is 11. The molecule has 0 saturated carbocycles. The maximum absolute atomic E-state index is 11.4. The van der Waals surface area contributed by atoms with Crippen molar-refractivity contribution in [1.29, 1.82) is 0 Å². The smallest absolute Gasteiger partial charge is 0.244 e. The number of carbonyl (C=O) groups excluding carboxylic acids is 3. The highest BCUT2D eigenvalue weighted by molar-refractivity contribution is 5.89. The average molecular weight is 282 g/mol. The molecule has 0 radical (unpaired) electrons. The number of carbonyl (C=O) groups is 3. The number of hydrogen-bond acceptors (Lipinski definition) is 4. The Morgan fingerprint density at radius 3 is 2.55 bits per heavy atom. The molecule has 0 aromatic rings. The van der Waals surface area contributed by atoms with E-state index in [2.05, 4.69) is 10.3 Å². The standard InChI is InChI=1S/C13H22N4O3/c14-13(15)16-8-5-3-1-2-4-6-12(20)17-11(10-19)7-9-18/h4,6,9-11H,1-3,5,7-8H2,(H,17,20)(H4,14,15,16)/b6-4+/t11-/m0/s1. The monoisotopic (exact) mass is 282 g/mol. The molecule has 0 aliphatic heterocycles. The van der Waals surface area contributed by atoms with Crippen LogP contribution in [-0.2, 0) is 14.4 Å². The van der Waals surface area contributed by atoms with Crippen molar-refractivity contribution in [3.63, 3.8) is 0 Å². The third-order valence-electron chi connectivity index (χ3n) is 2.43. The minimum Gasteiger partial charge on any atom is -0.370 e. The first-order valence-corrected chi connectivity index (χ1v) is 6.51. The summed E-state index contributed by atoms with van der Waals surface area (Å²) in [6.07, 6.45) is 7.78. The van der Waals surface area contributed by atoms with Crippen molar-refractivity contribution >= 4 is 24.4 Å². The highest BCUT2D eigenvalue weighted by atomic mass is 16.2. The summed E-state index contributed by atoms with van der Waals surface area (Å²) in [6.45, 7) is 0.610. The van der Waals surface area contributed by atoms with E-state index in [-0.39, 0.29) is 18.3 Å². The van der Waals surface area contributed by atoms with Crippen LogP contribution in [0.5, 0.6) is 0 Å². The molecule has 0 saturated heterocycles. The minimum absolute atomic E-state index is 0.00608. The zero-order chi connectivity index (χ0) is 15.2. The Kier molecular flexibility index (Phi) is 10.6. The molecule has 0 aliphatic carbocycles.